The Bertz CT molecular complexity index is 388. The van der Waals surface area contributed by atoms with E-state index in [9.17, 15) is 0 Å². The highest BCUT2D eigenvalue weighted by atomic mass is 16.5. The van der Waals surface area contributed by atoms with Crippen LogP contribution in [0.15, 0.2) is 18.2 Å². The van der Waals surface area contributed by atoms with Crippen molar-refractivity contribution in [2.75, 3.05) is 7.11 Å². The van der Waals surface area contributed by atoms with Gasteiger partial charge in [0.15, 0.2) is 0 Å². The molecule has 0 saturated heterocycles. The van der Waals surface area contributed by atoms with Crippen molar-refractivity contribution in [3.63, 3.8) is 0 Å². The van der Waals surface area contributed by atoms with Crippen LogP contribution in [0.4, 0.5) is 0 Å². The fourth-order valence-electron chi connectivity index (χ4n) is 2.54. The molecule has 3 N–H and O–H groups in total. The molecule has 0 amide bonds. The zero-order chi connectivity index (χ0) is 12.4. The molecule has 0 spiro atoms. The lowest BCUT2D eigenvalue weighted by atomic mass is 9.89. The Labute approximate surface area is 103 Å². The fourth-order valence-corrected chi connectivity index (χ4v) is 2.54. The van der Waals surface area contributed by atoms with Gasteiger partial charge in [-0.05, 0) is 54.9 Å². The van der Waals surface area contributed by atoms with Crippen molar-refractivity contribution < 1.29 is 4.74 Å². The number of hydrogen-bond acceptors (Lipinski definition) is 3. The summed E-state index contributed by atoms with van der Waals surface area (Å²) in [5.41, 5.74) is 5.50. The molecule has 0 bridgehead atoms. The molecule has 1 fully saturated rings. The van der Waals surface area contributed by atoms with E-state index in [0.29, 0.717) is 5.92 Å². The van der Waals surface area contributed by atoms with E-state index < -0.39 is 0 Å². The Morgan fingerprint density at radius 1 is 1.41 bits per heavy atom. The summed E-state index contributed by atoms with van der Waals surface area (Å²) >= 11 is 0. The fraction of sp³-hybridized carbons (Fsp3) is 0.571. The van der Waals surface area contributed by atoms with Crippen LogP contribution in [0.1, 0.15) is 36.9 Å². The number of nitrogens with two attached hydrogens (primary N) is 1. The smallest absolute Gasteiger partial charge is 0.119 e. The van der Waals surface area contributed by atoms with Crippen LogP contribution >= 0.6 is 0 Å². The van der Waals surface area contributed by atoms with E-state index in [2.05, 4.69) is 31.4 Å². The maximum absolute atomic E-state index is 5.73. The molecule has 0 aromatic heterocycles. The summed E-state index contributed by atoms with van der Waals surface area (Å²) in [4.78, 5) is 0. The van der Waals surface area contributed by atoms with Gasteiger partial charge in [0.25, 0.3) is 0 Å². The number of methoxy groups -OCH3 is 1. The molecule has 94 valence electrons. The Morgan fingerprint density at radius 3 is 2.59 bits per heavy atom. The van der Waals surface area contributed by atoms with Crippen LogP contribution < -0.4 is 16.0 Å². The Morgan fingerprint density at radius 2 is 2.12 bits per heavy atom. The van der Waals surface area contributed by atoms with E-state index in [0.717, 1.165) is 11.7 Å². The first-order valence-corrected chi connectivity index (χ1v) is 6.28. The SMILES string of the molecule is COc1ccc(C(NN)C(C)C2CC2)c(C)c1. The number of hydrogen-bond donors (Lipinski definition) is 2. The van der Waals surface area contributed by atoms with Crippen molar-refractivity contribution in [2.45, 2.75) is 32.7 Å². The summed E-state index contributed by atoms with van der Waals surface area (Å²) in [6.45, 7) is 4.40. The Balaban J connectivity index is 2.23. The van der Waals surface area contributed by atoms with Gasteiger partial charge in [-0.1, -0.05) is 13.0 Å². The molecular weight excluding hydrogens is 212 g/mol. The first-order chi connectivity index (χ1) is 8.17. The number of rotatable bonds is 5. The molecule has 0 heterocycles. The number of nitrogens with one attached hydrogen (secondary N) is 1. The summed E-state index contributed by atoms with van der Waals surface area (Å²) in [5, 5.41) is 0. The molecule has 1 aliphatic rings. The average molecular weight is 234 g/mol. The lowest BCUT2D eigenvalue weighted by Crippen LogP contribution is -2.33. The molecule has 0 radical (unpaired) electrons. The number of benzene rings is 1. The standard InChI is InChI=1S/C14H22N2O/c1-9-8-12(17-3)6-7-13(9)14(16-15)10(2)11-4-5-11/h6-8,10-11,14,16H,4-5,15H2,1-3H3. The van der Waals surface area contributed by atoms with Crippen LogP contribution in [-0.2, 0) is 0 Å². The largest absolute Gasteiger partial charge is 0.497 e. The van der Waals surface area contributed by atoms with Crippen LogP contribution in [-0.4, -0.2) is 7.11 Å². The normalized spacial score (nSPS) is 18.8. The zero-order valence-electron chi connectivity index (χ0n) is 10.9. The second-order valence-corrected chi connectivity index (χ2v) is 5.06. The van der Waals surface area contributed by atoms with E-state index in [1.165, 1.54) is 24.0 Å². The van der Waals surface area contributed by atoms with Crippen LogP contribution in [0.3, 0.4) is 0 Å². The van der Waals surface area contributed by atoms with Gasteiger partial charge in [-0.2, -0.15) is 0 Å². The third-order valence-corrected chi connectivity index (χ3v) is 3.88. The van der Waals surface area contributed by atoms with E-state index in [1.54, 1.807) is 7.11 Å². The van der Waals surface area contributed by atoms with Crippen molar-refractivity contribution in [1.82, 2.24) is 5.43 Å². The predicted molar refractivity (Wildman–Crippen MR) is 69.7 cm³/mol. The monoisotopic (exact) mass is 234 g/mol. The summed E-state index contributed by atoms with van der Waals surface area (Å²) in [6, 6.07) is 6.44. The zero-order valence-corrected chi connectivity index (χ0v) is 10.9. The highest BCUT2D eigenvalue weighted by Crippen LogP contribution is 2.43. The minimum Gasteiger partial charge on any atom is -0.497 e. The molecule has 1 saturated carbocycles. The van der Waals surface area contributed by atoms with E-state index in [1.807, 2.05) is 6.07 Å². The molecule has 2 unspecified atom stereocenters. The van der Waals surface area contributed by atoms with Gasteiger partial charge in [-0.25, -0.2) is 0 Å². The van der Waals surface area contributed by atoms with Crippen LogP contribution in [0.25, 0.3) is 0 Å². The number of aryl methyl sites for hydroxylation is 1. The molecule has 1 aliphatic carbocycles. The average Bonchev–Trinajstić information content (AvgIpc) is 3.15. The molecule has 3 nitrogen and oxygen atoms in total. The maximum Gasteiger partial charge on any atom is 0.119 e. The maximum atomic E-state index is 5.73. The topological polar surface area (TPSA) is 47.3 Å². The summed E-state index contributed by atoms with van der Waals surface area (Å²) in [5.74, 6) is 8.05. The summed E-state index contributed by atoms with van der Waals surface area (Å²) in [7, 11) is 1.69. The molecule has 2 atom stereocenters. The van der Waals surface area contributed by atoms with Crippen molar-refractivity contribution in [1.29, 1.82) is 0 Å². The van der Waals surface area contributed by atoms with E-state index in [4.69, 9.17) is 10.6 Å². The molecule has 17 heavy (non-hydrogen) atoms. The Kier molecular flexibility index (Phi) is 3.69. The van der Waals surface area contributed by atoms with Gasteiger partial charge in [-0.3, -0.25) is 11.3 Å². The molecule has 2 rings (SSSR count). The van der Waals surface area contributed by atoms with Crippen molar-refractivity contribution in [3.05, 3.63) is 29.3 Å². The molecule has 3 heteroatoms. The summed E-state index contributed by atoms with van der Waals surface area (Å²) < 4.78 is 5.23. The number of ether oxygens (including phenoxy) is 1. The molecular formula is C14H22N2O. The van der Waals surface area contributed by atoms with Crippen LogP contribution in [0, 0.1) is 18.8 Å². The highest BCUT2D eigenvalue weighted by molar-refractivity contribution is 5.37. The second-order valence-electron chi connectivity index (χ2n) is 5.06. The van der Waals surface area contributed by atoms with Crippen LogP contribution in [0.2, 0.25) is 0 Å². The predicted octanol–water partition coefficient (Wildman–Crippen LogP) is 2.55. The third kappa shape index (κ3) is 2.61. The van der Waals surface area contributed by atoms with Gasteiger partial charge in [0.2, 0.25) is 0 Å². The van der Waals surface area contributed by atoms with Gasteiger partial charge in [-0.15, -0.1) is 0 Å². The second kappa shape index (κ2) is 5.07. The minimum atomic E-state index is 0.244. The third-order valence-electron chi connectivity index (χ3n) is 3.88. The van der Waals surface area contributed by atoms with Gasteiger partial charge in [0.1, 0.15) is 5.75 Å². The van der Waals surface area contributed by atoms with Crippen molar-refractivity contribution in [2.24, 2.45) is 17.7 Å². The molecule has 0 aliphatic heterocycles. The number of hydrazine groups is 1. The summed E-state index contributed by atoms with van der Waals surface area (Å²) in [6.07, 6.45) is 2.68. The van der Waals surface area contributed by atoms with Gasteiger partial charge in [0, 0.05) is 6.04 Å². The van der Waals surface area contributed by atoms with E-state index in [-0.39, 0.29) is 6.04 Å². The lowest BCUT2D eigenvalue weighted by Gasteiger charge is -2.25. The van der Waals surface area contributed by atoms with Crippen LogP contribution in [0.5, 0.6) is 5.75 Å². The van der Waals surface area contributed by atoms with Crippen molar-refractivity contribution >= 4 is 0 Å². The quantitative estimate of drug-likeness (QED) is 0.608. The first kappa shape index (κ1) is 12.4. The van der Waals surface area contributed by atoms with Gasteiger partial charge >= 0.3 is 0 Å². The highest BCUT2D eigenvalue weighted by Gasteiger charge is 2.34. The van der Waals surface area contributed by atoms with Gasteiger partial charge < -0.3 is 4.74 Å². The molecule has 1 aromatic rings. The Hall–Kier alpha value is -1.06. The van der Waals surface area contributed by atoms with Crippen molar-refractivity contribution in [3.8, 4) is 5.75 Å². The van der Waals surface area contributed by atoms with E-state index >= 15 is 0 Å². The lowest BCUT2D eigenvalue weighted by molar-refractivity contribution is 0.352. The minimum absolute atomic E-state index is 0.244. The first-order valence-electron chi connectivity index (χ1n) is 6.28. The molecule has 1 aromatic carbocycles. The van der Waals surface area contributed by atoms with Gasteiger partial charge in [0.05, 0.1) is 7.11 Å².